The van der Waals surface area contributed by atoms with Crippen LogP contribution in [-0.4, -0.2) is 19.9 Å². The molecular formula is C14H20BrFN2O2S. The molecule has 2 rings (SSSR count). The molecule has 0 aromatic heterocycles. The predicted molar refractivity (Wildman–Crippen MR) is 84.8 cm³/mol. The third-order valence-electron chi connectivity index (χ3n) is 4.22. The van der Waals surface area contributed by atoms with E-state index in [0.29, 0.717) is 22.9 Å². The molecule has 1 fully saturated rings. The van der Waals surface area contributed by atoms with Crippen molar-refractivity contribution in [1.29, 1.82) is 0 Å². The Hall–Kier alpha value is -0.500. The van der Waals surface area contributed by atoms with Gasteiger partial charge in [-0.3, -0.25) is 11.3 Å². The second-order valence-electron chi connectivity index (χ2n) is 5.69. The topological polar surface area (TPSA) is 72.2 Å². The largest absolute Gasteiger partial charge is 0.271 e. The minimum absolute atomic E-state index is 0.0131. The Balaban J connectivity index is 2.24. The predicted octanol–water partition coefficient (Wildman–Crippen LogP) is 2.70. The van der Waals surface area contributed by atoms with Gasteiger partial charge in [-0.2, -0.15) is 0 Å². The molecule has 0 radical (unpaired) electrons. The minimum Gasteiger partial charge on any atom is -0.271 e. The summed E-state index contributed by atoms with van der Waals surface area (Å²) in [6, 6.07) is 4.48. The van der Waals surface area contributed by atoms with E-state index in [1.54, 1.807) is 12.1 Å². The van der Waals surface area contributed by atoms with Crippen LogP contribution in [0.15, 0.2) is 22.7 Å². The quantitative estimate of drug-likeness (QED) is 0.623. The van der Waals surface area contributed by atoms with Crippen LogP contribution in [0.5, 0.6) is 0 Å². The van der Waals surface area contributed by atoms with Crippen molar-refractivity contribution < 1.29 is 12.8 Å². The molecule has 0 spiro atoms. The molecular weight excluding hydrogens is 359 g/mol. The van der Waals surface area contributed by atoms with Gasteiger partial charge in [0, 0.05) is 16.3 Å². The van der Waals surface area contributed by atoms with Gasteiger partial charge in [0.1, 0.15) is 15.7 Å². The highest BCUT2D eigenvalue weighted by Gasteiger charge is 2.34. The molecule has 1 aromatic rings. The molecule has 3 atom stereocenters. The molecule has 1 aromatic carbocycles. The first-order valence-electron chi connectivity index (χ1n) is 6.93. The van der Waals surface area contributed by atoms with Gasteiger partial charge >= 0.3 is 0 Å². The van der Waals surface area contributed by atoms with E-state index >= 15 is 0 Å². The lowest BCUT2D eigenvalue weighted by Crippen LogP contribution is -2.38. The number of sulfone groups is 1. The zero-order valence-corrected chi connectivity index (χ0v) is 14.3. The highest BCUT2D eigenvalue weighted by atomic mass is 79.9. The molecule has 7 heteroatoms. The van der Waals surface area contributed by atoms with Gasteiger partial charge in [0.2, 0.25) is 0 Å². The fraction of sp³-hybridized carbons (Fsp3) is 0.571. The first kappa shape index (κ1) is 16.9. The van der Waals surface area contributed by atoms with Crippen LogP contribution in [-0.2, 0) is 9.84 Å². The maximum Gasteiger partial charge on any atom is 0.150 e. The van der Waals surface area contributed by atoms with Crippen LogP contribution in [0.4, 0.5) is 4.39 Å². The Bertz CT molecular complexity index is 609. The van der Waals surface area contributed by atoms with Gasteiger partial charge in [0.05, 0.1) is 11.3 Å². The van der Waals surface area contributed by atoms with Crippen molar-refractivity contribution in [3.05, 3.63) is 34.1 Å². The van der Waals surface area contributed by atoms with E-state index in [2.05, 4.69) is 21.4 Å². The Labute approximate surface area is 133 Å². The van der Waals surface area contributed by atoms with E-state index in [1.807, 2.05) is 0 Å². The number of nitrogens with one attached hydrogen (secondary N) is 1. The van der Waals surface area contributed by atoms with E-state index in [9.17, 15) is 12.8 Å². The lowest BCUT2D eigenvalue weighted by Gasteiger charge is -2.33. The van der Waals surface area contributed by atoms with Crippen LogP contribution in [0.1, 0.15) is 37.3 Å². The maximum atomic E-state index is 14.1. The summed E-state index contributed by atoms with van der Waals surface area (Å²) < 4.78 is 38.3. The van der Waals surface area contributed by atoms with E-state index in [0.717, 1.165) is 12.8 Å². The third-order valence-corrected chi connectivity index (χ3v) is 6.35. The molecule has 0 aliphatic heterocycles. The van der Waals surface area contributed by atoms with Crippen LogP contribution >= 0.6 is 15.9 Å². The second kappa shape index (κ2) is 6.73. The van der Waals surface area contributed by atoms with Crippen molar-refractivity contribution in [2.24, 2.45) is 11.8 Å². The first-order chi connectivity index (χ1) is 9.82. The van der Waals surface area contributed by atoms with Crippen molar-refractivity contribution >= 4 is 25.8 Å². The molecule has 0 bridgehead atoms. The van der Waals surface area contributed by atoms with Crippen molar-refractivity contribution in [2.45, 2.75) is 37.0 Å². The summed E-state index contributed by atoms with van der Waals surface area (Å²) in [4.78, 5) is 0. The monoisotopic (exact) mass is 378 g/mol. The summed E-state index contributed by atoms with van der Waals surface area (Å²) in [5, 5.41) is -0.356. The minimum atomic E-state index is -3.07. The average molecular weight is 379 g/mol. The molecule has 3 N–H and O–H groups in total. The van der Waals surface area contributed by atoms with Crippen molar-refractivity contribution in [2.75, 3.05) is 6.26 Å². The van der Waals surface area contributed by atoms with Gasteiger partial charge in [-0.1, -0.05) is 28.4 Å². The Kier molecular flexibility index (Phi) is 5.40. The molecule has 1 saturated carbocycles. The fourth-order valence-corrected chi connectivity index (χ4v) is 4.63. The summed E-state index contributed by atoms with van der Waals surface area (Å²) in [6.45, 7) is 0. The van der Waals surface area contributed by atoms with Crippen LogP contribution in [0.2, 0.25) is 0 Å². The lowest BCUT2D eigenvalue weighted by atomic mass is 9.81. The molecule has 1 aliphatic carbocycles. The van der Waals surface area contributed by atoms with Crippen LogP contribution in [0.3, 0.4) is 0 Å². The van der Waals surface area contributed by atoms with E-state index in [1.165, 1.54) is 12.3 Å². The summed E-state index contributed by atoms with van der Waals surface area (Å²) in [6.07, 6.45) is 4.12. The highest BCUT2D eigenvalue weighted by molar-refractivity contribution is 9.10. The van der Waals surface area contributed by atoms with E-state index in [-0.39, 0.29) is 23.0 Å². The molecule has 21 heavy (non-hydrogen) atoms. The van der Waals surface area contributed by atoms with Crippen molar-refractivity contribution in [1.82, 2.24) is 5.43 Å². The summed E-state index contributed by atoms with van der Waals surface area (Å²) in [7, 11) is -3.07. The summed E-state index contributed by atoms with van der Waals surface area (Å²) >= 11 is 3.23. The van der Waals surface area contributed by atoms with Gasteiger partial charge < -0.3 is 0 Å². The summed E-state index contributed by atoms with van der Waals surface area (Å²) in [5.74, 6) is 5.29. The molecule has 0 amide bonds. The van der Waals surface area contributed by atoms with E-state index in [4.69, 9.17) is 5.84 Å². The van der Waals surface area contributed by atoms with Gasteiger partial charge in [-0.15, -0.1) is 0 Å². The average Bonchev–Trinajstić information content (AvgIpc) is 2.41. The molecule has 1 aliphatic rings. The number of nitrogens with two attached hydrogens (primary N) is 1. The molecule has 0 heterocycles. The van der Waals surface area contributed by atoms with Crippen LogP contribution in [0.25, 0.3) is 0 Å². The number of hydrogen-bond donors (Lipinski definition) is 2. The van der Waals surface area contributed by atoms with Crippen molar-refractivity contribution in [3.8, 4) is 0 Å². The lowest BCUT2D eigenvalue weighted by molar-refractivity contribution is 0.270. The molecule has 118 valence electrons. The Morgan fingerprint density at radius 2 is 2.14 bits per heavy atom. The second-order valence-corrected chi connectivity index (χ2v) is 8.93. The first-order valence-corrected chi connectivity index (χ1v) is 9.67. The number of hydrogen-bond acceptors (Lipinski definition) is 4. The van der Waals surface area contributed by atoms with Crippen molar-refractivity contribution in [3.63, 3.8) is 0 Å². The van der Waals surface area contributed by atoms with Crippen LogP contribution < -0.4 is 11.3 Å². The normalized spacial score (nSPS) is 24.8. The maximum absolute atomic E-state index is 14.1. The molecule has 3 unspecified atom stereocenters. The fourth-order valence-electron chi connectivity index (χ4n) is 3.11. The molecule has 4 nitrogen and oxygen atoms in total. The highest BCUT2D eigenvalue weighted by Crippen LogP contribution is 2.37. The van der Waals surface area contributed by atoms with Gasteiger partial charge in [0.15, 0.2) is 0 Å². The third kappa shape index (κ3) is 4.03. The molecule has 0 saturated heterocycles. The number of hydrazine groups is 1. The summed E-state index contributed by atoms with van der Waals surface area (Å²) in [5.41, 5.74) is 3.16. The zero-order chi connectivity index (χ0) is 15.6. The number of benzene rings is 1. The Morgan fingerprint density at radius 3 is 2.71 bits per heavy atom. The standard InChI is InChI=1S/C14H20BrFN2O2S/c1-21(19,20)11-4-2-3-9(7-11)14(18-17)12-6-5-10(15)8-13(12)16/h5-6,8-9,11,14,18H,2-4,7,17H2,1H3. The SMILES string of the molecule is CS(=O)(=O)C1CCCC(C(NN)c2ccc(Br)cc2F)C1. The number of rotatable bonds is 4. The van der Waals surface area contributed by atoms with Gasteiger partial charge in [-0.05, 0) is 37.3 Å². The van der Waals surface area contributed by atoms with Gasteiger partial charge in [0.25, 0.3) is 0 Å². The van der Waals surface area contributed by atoms with E-state index < -0.39 is 9.84 Å². The Morgan fingerprint density at radius 1 is 1.43 bits per heavy atom. The van der Waals surface area contributed by atoms with Crippen LogP contribution in [0, 0.1) is 11.7 Å². The van der Waals surface area contributed by atoms with Gasteiger partial charge in [-0.25, -0.2) is 12.8 Å². The number of halogens is 2. The smallest absolute Gasteiger partial charge is 0.150 e. The zero-order valence-electron chi connectivity index (χ0n) is 11.9.